The van der Waals surface area contributed by atoms with Crippen LogP contribution in [-0.4, -0.2) is 36.0 Å². The summed E-state index contributed by atoms with van der Waals surface area (Å²) < 4.78 is 0. The Morgan fingerprint density at radius 1 is 0.686 bits per heavy atom. The van der Waals surface area contributed by atoms with Crippen molar-refractivity contribution >= 4 is 23.4 Å². The lowest BCUT2D eigenvalue weighted by atomic mass is 9.94. The van der Waals surface area contributed by atoms with E-state index in [0.717, 1.165) is 37.6 Å². The molecule has 0 spiro atoms. The summed E-state index contributed by atoms with van der Waals surface area (Å²) >= 11 is 8.39. The zero-order chi connectivity index (χ0) is 23.6. The largest absolute Gasteiger partial charge is 0.293 e. The lowest BCUT2D eigenvalue weighted by Gasteiger charge is -2.43. The lowest BCUT2D eigenvalue weighted by molar-refractivity contribution is 0.0773. The zero-order valence-electron chi connectivity index (χ0n) is 19.7. The molecule has 1 atom stereocenters. The van der Waals surface area contributed by atoms with Crippen molar-refractivity contribution in [2.24, 2.45) is 0 Å². The van der Waals surface area contributed by atoms with Gasteiger partial charge in [0.25, 0.3) is 0 Å². The van der Waals surface area contributed by atoms with Gasteiger partial charge in [-0.25, -0.2) is 0 Å². The van der Waals surface area contributed by atoms with E-state index < -0.39 is 0 Å². The second-order valence-electron chi connectivity index (χ2n) is 9.41. The number of benzene rings is 4. The third kappa shape index (κ3) is 4.79. The van der Waals surface area contributed by atoms with Crippen LogP contribution in [-0.2, 0) is 6.42 Å². The number of halogens is 1. The first-order chi connectivity index (χ1) is 17.3. The highest BCUT2D eigenvalue weighted by Crippen LogP contribution is 2.44. The van der Waals surface area contributed by atoms with Crippen molar-refractivity contribution in [3.8, 4) is 0 Å². The molecule has 0 unspecified atom stereocenters. The monoisotopic (exact) mass is 496 g/mol. The van der Waals surface area contributed by atoms with Crippen LogP contribution in [0.4, 0.5) is 0 Å². The van der Waals surface area contributed by atoms with Crippen LogP contribution in [0.5, 0.6) is 0 Å². The summed E-state index contributed by atoms with van der Waals surface area (Å²) in [5, 5.41) is 0.826. The Morgan fingerprint density at radius 3 is 2.00 bits per heavy atom. The molecular weight excluding hydrogens is 468 g/mol. The van der Waals surface area contributed by atoms with Gasteiger partial charge < -0.3 is 0 Å². The van der Waals surface area contributed by atoms with Crippen LogP contribution in [0.25, 0.3) is 0 Å². The summed E-state index contributed by atoms with van der Waals surface area (Å²) in [5.41, 5.74) is 5.53. The van der Waals surface area contributed by atoms with Gasteiger partial charge in [0.1, 0.15) is 0 Å². The van der Waals surface area contributed by atoms with E-state index in [1.165, 1.54) is 32.0 Å². The van der Waals surface area contributed by atoms with E-state index in [2.05, 4.69) is 107 Å². The molecule has 4 heteroatoms. The minimum atomic E-state index is 0.284. The number of rotatable bonds is 4. The fraction of sp³-hybridized carbons (Fsp3) is 0.226. The molecule has 0 radical (unpaired) electrons. The molecule has 0 saturated carbocycles. The minimum absolute atomic E-state index is 0.284. The van der Waals surface area contributed by atoms with Crippen molar-refractivity contribution < 1.29 is 0 Å². The van der Waals surface area contributed by atoms with E-state index in [1.807, 2.05) is 17.8 Å². The van der Waals surface area contributed by atoms with Crippen molar-refractivity contribution in [3.05, 3.63) is 130 Å². The number of hydrogen-bond acceptors (Lipinski definition) is 3. The SMILES string of the molecule is Clc1ccc2c(c1)[C@H](N1CCN(C(c3ccccc3)c3ccccc3)CC1)Cc1ccccc1S2. The Balaban J connectivity index is 1.28. The van der Waals surface area contributed by atoms with E-state index in [1.54, 1.807) is 0 Å². The number of hydrogen-bond donors (Lipinski definition) is 0. The molecule has 4 aromatic carbocycles. The normalized spacial score (nSPS) is 18.6. The molecular formula is C31H29ClN2S. The predicted octanol–water partition coefficient (Wildman–Crippen LogP) is 7.50. The van der Waals surface area contributed by atoms with Crippen LogP contribution in [0.3, 0.4) is 0 Å². The van der Waals surface area contributed by atoms with Crippen molar-refractivity contribution in [1.29, 1.82) is 0 Å². The Morgan fingerprint density at radius 2 is 1.31 bits per heavy atom. The standard InChI is InChI=1S/C31H29ClN2S/c32-26-15-16-30-27(22-26)28(21-25-13-7-8-14-29(25)35-30)33-17-19-34(20-18-33)31(23-9-3-1-4-10-23)24-11-5-2-6-12-24/h1-16,22,28,31H,17-21H2/t28-/m1/s1. The molecule has 35 heavy (non-hydrogen) atoms. The predicted molar refractivity (Wildman–Crippen MR) is 146 cm³/mol. The molecule has 4 aromatic rings. The number of piperazine rings is 1. The summed E-state index contributed by atoms with van der Waals surface area (Å²) in [6, 6.07) is 37.8. The molecule has 2 aliphatic heterocycles. The molecule has 0 aliphatic carbocycles. The van der Waals surface area contributed by atoms with Gasteiger partial charge in [0.05, 0.1) is 6.04 Å². The smallest absolute Gasteiger partial charge is 0.0602 e. The highest BCUT2D eigenvalue weighted by atomic mass is 35.5. The van der Waals surface area contributed by atoms with Crippen LogP contribution in [0, 0.1) is 0 Å². The second-order valence-corrected chi connectivity index (χ2v) is 10.9. The van der Waals surface area contributed by atoms with E-state index in [-0.39, 0.29) is 6.04 Å². The summed E-state index contributed by atoms with van der Waals surface area (Å²) in [6.07, 6.45) is 1.03. The van der Waals surface area contributed by atoms with Crippen LogP contribution in [0.2, 0.25) is 5.02 Å². The van der Waals surface area contributed by atoms with Crippen molar-refractivity contribution in [2.75, 3.05) is 26.2 Å². The van der Waals surface area contributed by atoms with Gasteiger partial charge in [0.15, 0.2) is 0 Å². The number of nitrogens with zero attached hydrogens (tertiary/aromatic N) is 2. The summed E-state index contributed by atoms with van der Waals surface area (Å²) in [7, 11) is 0. The van der Waals surface area contributed by atoms with Crippen LogP contribution in [0.1, 0.15) is 34.3 Å². The number of fused-ring (bicyclic) bond motifs is 2. The van der Waals surface area contributed by atoms with E-state index in [9.17, 15) is 0 Å². The first-order valence-corrected chi connectivity index (χ1v) is 13.6. The summed E-state index contributed by atoms with van der Waals surface area (Å²) in [4.78, 5) is 8.03. The molecule has 6 rings (SSSR count). The Bertz CT molecular complexity index is 1250. The van der Waals surface area contributed by atoms with E-state index in [4.69, 9.17) is 11.6 Å². The zero-order valence-corrected chi connectivity index (χ0v) is 21.3. The maximum atomic E-state index is 6.51. The lowest BCUT2D eigenvalue weighted by Crippen LogP contribution is -2.49. The van der Waals surface area contributed by atoms with E-state index in [0.29, 0.717) is 6.04 Å². The Kier molecular flexibility index (Phi) is 6.67. The molecule has 1 fully saturated rings. The van der Waals surface area contributed by atoms with Gasteiger partial charge in [-0.3, -0.25) is 9.80 Å². The van der Waals surface area contributed by atoms with Gasteiger partial charge in [0, 0.05) is 47.0 Å². The van der Waals surface area contributed by atoms with Gasteiger partial charge in [-0.15, -0.1) is 0 Å². The molecule has 2 nitrogen and oxygen atoms in total. The molecule has 1 saturated heterocycles. The molecule has 0 N–H and O–H groups in total. The van der Waals surface area contributed by atoms with Gasteiger partial charge in [-0.2, -0.15) is 0 Å². The topological polar surface area (TPSA) is 6.48 Å². The van der Waals surface area contributed by atoms with Gasteiger partial charge in [-0.05, 0) is 52.9 Å². The molecule has 0 bridgehead atoms. The second kappa shape index (κ2) is 10.2. The summed E-state index contributed by atoms with van der Waals surface area (Å²) in [5.74, 6) is 0. The molecule has 0 amide bonds. The van der Waals surface area contributed by atoms with Gasteiger partial charge >= 0.3 is 0 Å². The summed E-state index contributed by atoms with van der Waals surface area (Å²) in [6.45, 7) is 4.16. The molecule has 2 heterocycles. The van der Waals surface area contributed by atoms with Gasteiger partial charge in [0.2, 0.25) is 0 Å². The first-order valence-electron chi connectivity index (χ1n) is 12.4. The molecule has 176 valence electrons. The third-order valence-electron chi connectivity index (χ3n) is 7.32. The van der Waals surface area contributed by atoms with Crippen molar-refractivity contribution in [1.82, 2.24) is 9.80 Å². The third-order valence-corrected chi connectivity index (χ3v) is 8.77. The maximum absolute atomic E-state index is 6.51. The van der Waals surface area contributed by atoms with Crippen LogP contribution in [0.15, 0.2) is 113 Å². The van der Waals surface area contributed by atoms with Crippen LogP contribution >= 0.6 is 23.4 Å². The fourth-order valence-electron chi connectivity index (χ4n) is 5.60. The minimum Gasteiger partial charge on any atom is -0.293 e. The maximum Gasteiger partial charge on any atom is 0.0602 e. The molecule has 0 aromatic heterocycles. The van der Waals surface area contributed by atoms with Crippen molar-refractivity contribution in [3.63, 3.8) is 0 Å². The highest BCUT2D eigenvalue weighted by Gasteiger charge is 2.32. The average Bonchev–Trinajstić information content (AvgIpc) is 3.07. The van der Waals surface area contributed by atoms with Crippen molar-refractivity contribution in [2.45, 2.75) is 28.3 Å². The fourth-order valence-corrected chi connectivity index (χ4v) is 6.89. The molecule has 2 aliphatic rings. The quantitative estimate of drug-likeness (QED) is 0.289. The van der Waals surface area contributed by atoms with Crippen LogP contribution < -0.4 is 0 Å². The highest BCUT2D eigenvalue weighted by molar-refractivity contribution is 7.99. The Hall–Kier alpha value is -2.56. The van der Waals surface area contributed by atoms with E-state index >= 15 is 0 Å². The van der Waals surface area contributed by atoms with Gasteiger partial charge in [-0.1, -0.05) is 102 Å². The average molecular weight is 497 g/mol. The first kappa shape index (κ1) is 22.9. The Labute approximate surface area is 217 Å².